The maximum atomic E-state index is 11.8. The van der Waals surface area contributed by atoms with E-state index in [0.29, 0.717) is 18.2 Å². The predicted octanol–water partition coefficient (Wildman–Crippen LogP) is 3.92. The van der Waals surface area contributed by atoms with Crippen molar-refractivity contribution in [1.82, 2.24) is 9.97 Å². The molecule has 0 atom stereocenters. The molecule has 3 rings (SSSR count). The standard InChI is InChI=1S/C20H20N2O2S/c23-19-15-17(14-16-8-3-1-4-9-16)21-20(22-19)25-13-7-12-24-18-10-5-2-6-11-18/h1-6,8-11,15H,7,12-14H2,(H,21,22,23). The minimum Gasteiger partial charge on any atom is -0.494 e. The lowest BCUT2D eigenvalue weighted by atomic mass is 10.1. The molecule has 0 saturated carbocycles. The summed E-state index contributed by atoms with van der Waals surface area (Å²) < 4.78 is 5.66. The van der Waals surface area contributed by atoms with Gasteiger partial charge in [-0.25, -0.2) is 4.98 Å². The smallest absolute Gasteiger partial charge is 0.251 e. The van der Waals surface area contributed by atoms with Gasteiger partial charge in [0.15, 0.2) is 5.16 Å². The second-order valence-corrected chi connectivity index (χ2v) is 6.65. The van der Waals surface area contributed by atoms with Gasteiger partial charge in [-0.05, 0) is 24.1 Å². The van der Waals surface area contributed by atoms with E-state index in [1.165, 1.54) is 0 Å². The molecule has 0 fully saturated rings. The van der Waals surface area contributed by atoms with E-state index >= 15 is 0 Å². The number of H-pyrrole nitrogens is 1. The molecule has 3 aromatic rings. The highest BCUT2D eigenvalue weighted by Crippen LogP contribution is 2.15. The van der Waals surface area contributed by atoms with Gasteiger partial charge in [-0.3, -0.25) is 4.79 Å². The number of rotatable bonds is 8. The molecule has 2 aromatic carbocycles. The third-order valence-corrected chi connectivity index (χ3v) is 4.50. The molecule has 1 aromatic heterocycles. The summed E-state index contributed by atoms with van der Waals surface area (Å²) in [5.74, 6) is 1.72. The number of aromatic amines is 1. The summed E-state index contributed by atoms with van der Waals surface area (Å²) in [6.45, 7) is 0.644. The van der Waals surface area contributed by atoms with E-state index in [4.69, 9.17) is 4.74 Å². The SMILES string of the molecule is O=c1cc(Cc2ccccc2)nc(SCCCOc2ccccc2)[nH]1. The summed E-state index contributed by atoms with van der Waals surface area (Å²) in [4.78, 5) is 19.2. The van der Waals surface area contributed by atoms with Crippen LogP contribution in [0.3, 0.4) is 0 Å². The first-order chi connectivity index (χ1) is 12.3. The Morgan fingerprint density at radius 1 is 1.00 bits per heavy atom. The van der Waals surface area contributed by atoms with Crippen molar-refractivity contribution in [2.24, 2.45) is 0 Å². The van der Waals surface area contributed by atoms with E-state index in [1.54, 1.807) is 17.8 Å². The summed E-state index contributed by atoms with van der Waals surface area (Å²) >= 11 is 1.55. The number of hydrogen-bond donors (Lipinski definition) is 1. The predicted molar refractivity (Wildman–Crippen MR) is 101 cm³/mol. The van der Waals surface area contributed by atoms with E-state index in [2.05, 4.69) is 9.97 Å². The van der Waals surface area contributed by atoms with Gasteiger partial charge in [0.25, 0.3) is 5.56 Å². The number of hydrogen-bond acceptors (Lipinski definition) is 4. The Balaban J connectivity index is 1.50. The van der Waals surface area contributed by atoms with Gasteiger partial charge in [0.2, 0.25) is 0 Å². The molecule has 0 saturated heterocycles. The van der Waals surface area contributed by atoms with E-state index in [0.717, 1.165) is 29.2 Å². The van der Waals surface area contributed by atoms with Crippen molar-refractivity contribution >= 4 is 11.8 Å². The number of para-hydroxylation sites is 1. The fraction of sp³-hybridized carbons (Fsp3) is 0.200. The number of ether oxygens (including phenoxy) is 1. The molecule has 0 radical (unpaired) electrons. The lowest BCUT2D eigenvalue weighted by Crippen LogP contribution is -2.10. The van der Waals surface area contributed by atoms with Gasteiger partial charge in [0, 0.05) is 18.2 Å². The zero-order valence-electron chi connectivity index (χ0n) is 13.9. The minimum atomic E-state index is -0.107. The van der Waals surface area contributed by atoms with Gasteiger partial charge < -0.3 is 9.72 Å². The van der Waals surface area contributed by atoms with Crippen LogP contribution in [0.15, 0.2) is 76.7 Å². The van der Waals surface area contributed by atoms with Crippen molar-refractivity contribution in [3.05, 3.63) is 88.3 Å². The Bertz CT molecular complexity index is 835. The summed E-state index contributed by atoms with van der Waals surface area (Å²) in [5, 5.41) is 0.665. The summed E-state index contributed by atoms with van der Waals surface area (Å²) in [5.41, 5.74) is 1.83. The first-order valence-electron chi connectivity index (χ1n) is 8.24. The number of benzene rings is 2. The molecule has 0 aliphatic heterocycles. The Kier molecular flexibility index (Phi) is 6.29. The van der Waals surface area contributed by atoms with Gasteiger partial charge in [0.1, 0.15) is 5.75 Å². The van der Waals surface area contributed by atoms with Crippen LogP contribution >= 0.6 is 11.8 Å². The van der Waals surface area contributed by atoms with Gasteiger partial charge in [-0.15, -0.1) is 0 Å². The number of nitrogens with one attached hydrogen (secondary N) is 1. The van der Waals surface area contributed by atoms with Gasteiger partial charge in [-0.1, -0.05) is 60.3 Å². The Hall–Kier alpha value is -2.53. The van der Waals surface area contributed by atoms with Crippen LogP contribution in [0.5, 0.6) is 5.75 Å². The highest BCUT2D eigenvalue weighted by atomic mass is 32.2. The molecule has 128 valence electrons. The third-order valence-electron chi connectivity index (χ3n) is 3.54. The quantitative estimate of drug-likeness (QED) is 0.379. The second kappa shape index (κ2) is 9.08. The molecule has 0 bridgehead atoms. The maximum Gasteiger partial charge on any atom is 0.251 e. The van der Waals surface area contributed by atoms with Crippen molar-refractivity contribution in [3.63, 3.8) is 0 Å². The van der Waals surface area contributed by atoms with Crippen LogP contribution < -0.4 is 10.3 Å². The summed E-state index contributed by atoms with van der Waals surface area (Å²) in [7, 11) is 0. The van der Waals surface area contributed by atoms with Crippen LogP contribution in [0.25, 0.3) is 0 Å². The molecular formula is C20H20N2O2S. The van der Waals surface area contributed by atoms with E-state index in [9.17, 15) is 4.79 Å². The zero-order chi connectivity index (χ0) is 17.3. The van der Waals surface area contributed by atoms with Crippen LogP contribution in [-0.4, -0.2) is 22.3 Å². The van der Waals surface area contributed by atoms with Gasteiger partial charge in [0.05, 0.1) is 12.3 Å². The maximum absolute atomic E-state index is 11.8. The van der Waals surface area contributed by atoms with Crippen molar-refractivity contribution in [1.29, 1.82) is 0 Å². The summed E-state index contributed by atoms with van der Waals surface area (Å²) in [6, 6.07) is 21.4. The monoisotopic (exact) mass is 352 g/mol. The molecule has 4 nitrogen and oxygen atoms in total. The van der Waals surface area contributed by atoms with Crippen molar-refractivity contribution in [3.8, 4) is 5.75 Å². The molecule has 0 aliphatic carbocycles. The number of aromatic nitrogens is 2. The lowest BCUT2D eigenvalue weighted by molar-refractivity contribution is 0.318. The molecule has 0 aliphatic rings. The minimum absolute atomic E-state index is 0.107. The molecular weight excluding hydrogens is 332 g/mol. The fourth-order valence-corrected chi connectivity index (χ4v) is 3.19. The van der Waals surface area contributed by atoms with Crippen LogP contribution in [-0.2, 0) is 6.42 Å². The van der Waals surface area contributed by atoms with Crippen LogP contribution in [0, 0.1) is 0 Å². The normalized spacial score (nSPS) is 10.6. The highest BCUT2D eigenvalue weighted by molar-refractivity contribution is 7.99. The van der Waals surface area contributed by atoms with E-state index in [1.807, 2.05) is 60.7 Å². The Labute approximate surface area is 151 Å². The molecule has 25 heavy (non-hydrogen) atoms. The topological polar surface area (TPSA) is 55.0 Å². The second-order valence-electron chi connectivity index (χ2n) is 5.57. The fourth-order valence-electron chi connectivity index (χ4n) is 2.38. The zero-order valence-corrected chi connectivity index (χ0v) is 14.7. The van der Waals surface area contributed by atoms with Gasteiger partial charge >= 0.3 is 0 Å². The molecule has 0 spiro atoms. The average molecular weight is 352 g/mol. The molecule has 5 heteroatoms. The third kappa shape index (κ3) is 5.80. The first kappa shape index (κ1) is 17.3. The number of nitrogens with zero attached hydrogens (tertiary/aromatic N) is 1. The van der Waals surface area contributed by atoms with Gasteiger partial charge in [-0.2, -0.15) is 0 Å². The largest absolute Gasteiger partial charge is 0.494 e. The van der Waals surface area contributed by atoms with Crippen molar-refractivity contribution < 1.29 is 4.74 Å². The van der Waals surface area contributed by atoms with E-state index in [-0.39, 0.29) is 5.56 Å². The van der Waals surface area contributed by atoms with Crippen molar-refractivity contribution in [2.75, 3.05) is 12.4 Å². The molecule has 0 amide bonds. The van der Waals surface area contributed by atoms with E-state index < -0.39 is 0 Å². The molecule has 1 N–H and O–H groups in total. The van der Waals surface area contributed by atoms with Crippen LogP contribution in [0.2, 0.25) is 0 Å². The van der Waals surface area contributed by atoms with Crippen molar-refractivity contribution in [2.45, 2.75) is 18.0 Å². The average Bonchev–Trinajstić information content (AvgIpc) is 2.63. The molecule has 1 heterocycles. The lowest BCUT2D eigenvalue weighted by Gasteiger charge is -2.06. The number of thioether (sulfide) groups is 1. The summed E-state index contributed by atoms with van der Waals surface area (Å²) in [6.07, 6.45) is 1.54. The van der Waals surface area contributed by atoms with Crippen LogP contribution in [0.4, 0.5) is 0 Å². The Morgan fingerprint density at radius 3 is 2.48 bits per heavy atom. The molecule has 0 unspecified atom stereocenters. The Morgan fingerprint density at radius 2 is 1.72 bits per heavy atom. The van der Waals surface area contributed by atoms with Crippen LogP contribution in [0.1, 0.15) is 17.7 Å². The highest BCUT2D eigenvalue weighted by Gasteiger charge is 2.04. The first-order valence-corrected chi connectivity index (χ1v) is 9.23.